The average Bonchev–Trinajstić information content (AvgIpc) is 3.36. The van der Waals surface area contributed by atoms with Gasteiger partial charge in [0.25, 0.3) is 11.8 Å². The van der Waals surface area contributed by atoms with Gasteiger partial charge < -0.3 is 15.1 Å². The first-order valence-corrected chi connectivity index (χ1v) is 11.5. The molecule has 0 aliphatic carbocycles. The molecule has 2 N–H and O–H groups in total. The van der Waals surface area contributed by atoms with Crippen molar-refractivity contribution in [2.75, 3.05) is 0 Å². The van der Waals surface area contributed by atoms with Crippen molar-refractivity contribution in [3.8, 4) is 0 Å². The molecule has 4 aromatic rings. The van der Waals surface area contributed by atoms with Gasteiger partial charge >= 0.3 is 0 Å². The highest BCUT2D eigenvalue weighted by molar-refractivity contribution is 6.05. The molecular weight excluding hydrogens is 436 g/mol. The summed E-state index contributed by atoms with van der Waals surface area (Å²) in [5, 5.41) is 5.91. The lowest BCUT2D eigenvalue weighted by molar-refractivity contribution is -0.118. The van der Waals surface area contributed by atoms with Gasteiger partial charge in [-0.05, 0) is 61.7 Å². The lowest BCUT2D eigenvalue weighted by Crippen LogP contribution is -2.37. The Kier molecular flexibility index (Phi) is 7.27. The maximum Gasteiger partial charge on any atom is 0.268 e. The fraction of sp³-hybridized carbons (Fsp3) is 0.133. The van der Waals surface area contributed by atoms with Crippen LogP contribution in [0.15, 0.2) is 101 Å². The van der Waals surface area contributed by atoms with E-state index in [1.807, 2.05) is 75.4 Å². The van der Waals surface area contributed by atoms with Crippen LogP contribution in [-0.2, 0) is 4.79 Å². The van der Waals surface area contributed by atoms with E-state index in [1.165, 1.54) is 12.3 Å². The van der Waals surface area contributed by atoms with Crippen molar-refractivity contribution in [3.63, 3.8) is 0 Å². The molecule has 1 heterocycles. The van der Waals surface area contributed by atoms with Crippen LogP contribution < -0.4 is 10.6 Å². The van der Waals surface area contributed by atoms with E-state index in [0.29, 0.717) is 11.3 Å². The molecule has 1 aromatic heterocycles. The number of carbonyl (C=O) groups is 2. The molecule has 0 saturated carbocycles. The highest BCUT2D eigenvalue weighted by Crippen LogP contribution is 2.26. The molecule has 4 rings (SSSR count). The van der Waals surface area contributed by atoms with Crippen molar-refractivity contribution in [3.05, 3.63) is 136 Å². The number of hydrogen-bond acceptors (Lipinski definition) is 3. The molecular formula is C30H28N2O3. The number of furan rings is 1. The van der Waals surface area contributed by atoms with Crippen LogP contribution in [0.25, 0.3) is 6.08 Å². The third kappa shape index (κ3) is 5.95. The molecule has 0 bridgehead atoms. The zero-order valence-electron chi connectivity index (χ0n) is 20.0. The van der Waals surface area contributed by atoms with Crippen LogP contribution in [0, 0.1) is 20.8 Å². The normalized spacial score (nSPS) is 12.1. The monoisotopic (exact) mass is 464 g/mol. The van der Waals surface area contributed by atoms with E-state index in [0.717, 1.165) is 27.8 Å². The number of amides is 2. The Hall–Kier alpha value is -4.38. The van der Waals surface area contributed by atoms with Crippen LogP contribution in [0.1, 0.15) is 50.0 Å². The summed E-state index contributed by atoms with van der Waals surface area (Å²) in [6.45, 7) is 5.99. The summed E-state index contributed by atoms with van der Waals surface area (Å²) in [4.78, 5) is 26.6. The second-order valence-corrected chi connectivity index (χ2v) is 8.57. The van der Waals surface area contributed by atoms with E-state index in [-0.39, 0.29) is 11.6 Å². The second-order valence-electron chi connectivity index (χ2n) is 8.57. The van der Waals surface area contributed by atoms with Crippen molar-refractivity contribution >= 4 is 17.9 Å². The minimum Gasteiger partial charge on any atom is -0.465 e. The lowest BCUT2D eigenvalue weighted by Gasteiger charge is -2.23. The summed E-state index contributed by atoms with van der Waals surface area (Å²) < 4.78 is 5.42. The maximum atomic E-state index is 13.6. The molecule has 0 fully saturated rings. The van der Waals surface area contributed by atoms with E-state index < -0.39 is 11.9 Å². The van der Waals surface area contributed by atoms with Crippen LogP contribution in [0.2, 0.25) is 0 Å². The Labute approximate surface area is 205 Å². The predicted molar refractivity (Wildman–Crippen MR) is 138 cm³/mol. The van der Waals surface area contributed by atoms with Gasteiger partial charge in [0, 0.05) is 11.6 Å². The van der Waals surface area contributed by atoms with E-state index >= 15 is 0 Å². The molecule has 2 amide bonds. The van der Waals surface area contributed by atoms with Crippen LogP contribution >= 0.6 is 0 Å². The Balaban J connectivity index is 1.68. The van der Waals surface area contributed by atoms with Crippen molar-refractivity contribution in [2.24, 2.45) is 0 Å². The van der Waals surface area contributed by atoms with Gasteiger partial charge in [-0.25, -0.2) is 0 Å². The molecule has 0 unspecified atom stereocenters. The zero-order valence-corrected chi connectivity index (χ0v) is 20.0. The summed E-state index contributed by atoms with van der Waals surface area (Å²) in [7, 11) is 0. The molecule has 0 spiro atoms. The Bertz CT molecular complexity index is 1360. The fourth-order valence-electron chi connectivity index (χ4n) is 4.00. The Morgan fingerprint density at radius 2 is 1.60 bits per heavy atom. The van der Waals surface area contributed by atoms with Crippen LogP contribution in [-0.4, -0.2) is 11.8 Å². The lowest BCUT2D eigenvalue weighted by atomic mass is 9.93. The molecule has 3 aromatic carbocycles. The van der Waals surface area contributed by atoms with E-state index in [4.69, 9.17) is 4.42 Å². The predicted octanol–water partition coefficient (Wildman–Crippen LogP) is 5.88. The standard InChI is InChI=1S/C30H28N2O3/c1-20-9-7-12-24(18-20)29(33)31-27(19-25-13-8-16-35-25)30(34)32-28(23-10-5-4-6-11-23)26-15-14-21(2)17-22(26)3/h4-19,28H,1-3H3,(H,31,33)(H,32,34)/b27-19-/t28-/m1/s1. The molecule has 5 nitrogen and oxygen atoms in total. The highest BCUT2D eigenvalue weighted by Gasteiger charge is 2.22. The molecule has 176 valence electrons. The Morgan fingerprint density at radius 1 is 0.829 bits per heavy atom. The fourth-order valence-corrected chi connectivity index (χ4v) is 4.00. The minimum absolute atomic E-state index is 0.0946. The number of carbonyl (C=O) groups excluding carboxylic acids is 2. The third-order valence-electron chi connectivity index (χ3n) is 5.75. The SMILES string of the molecule is Cc1cccc(C(=O)N/C(=C\c2ccco2)C(=O)N[C@H](c2ccccc2)c2ccc(C)cc2C)c1. The summed E-state index contributed by atoms with van der Waals surface area (Å²) in [6.07, 6.45) is 3.05. The molecule has 0 radical (unpaired) electrons. The van der Waals surface area contributed by atoms with Crippen molar-refractivity contribution in [1.29, 1.82) is 0 Å². The molecule has 0 saturated heterocycles. The number of aryl methyl sites for hydroxylation is 3. The van der Waals surface area contributed by atoms with Crippen molar-refractivity contribution in [1.82, 2.24) is 10.6 Å². The van der Waals surface area contributed by atoms with E-state index in [9.17, 15) is 9.59 Å². The number of hydrogen-bond donors (Lipinski definition) is 2. The largest absolute Gasteiger partial charge is 0.465 e. The van der Waals surface area contributed by atoms with Gasteiger partial charge in [0.15, 0.2) is 0 Å². The summed E-state index contributed by atoms with van der Waals surface area (Å²) >= 11 is 0. The van der Waals surface area contributed by atoms with Gasteiger partial charge in [-0.1, -0.05) is 71.8 Å². The van der Waals surface area contributed by atoms with Crippen molar-refractivity contribution in [2.45, 2.75) is 26.8 Å². The topological polar surface area (TPSA) is 71.3 Å². The molecule has 5 heteroatoms. The Morgan fingerprint density at radius 3 is 2.29 bits per heavy atom. The molecule has 1 atom stereocenters. The second kappa shape index (κ2) is 10.7. The average molecular weight is 465 g/mol. The number of nitrogens with one attached hydrogen (secondary N) is 2. The summed E-state index contributed by atoms with van der Waals surface area (Å²) in [6, 6.07) is 26.2. The molecule has 35 heavy (non-hydrogen) atoms. The van der Waals surface area contributed by atoms with Gasteiger partial charge in [0.05, 0.1) is 12.3 Å². The van der Waals surface area contributed by atoms with Crippen LogP contribution in [0.4, 0.5) is 0 Å². The van der Waals surface area contributed by atoms with Crippen molar-refractivity contribution < 1.29 is 14.0 Å². The molecule has 0 aliphatic rings. The van der Waals surface area contributed by atoms with Gasteiger partial charge in [0.2, 0.25) is 0 Å². The quantitative estimate of drug-likeness (QED) is 0.336. The first-order valence-electron chi connectivity index (χ1n) is 11.5. The van der Waals surface area contributed by atoms with Gasteiger partial charge in [0.1, 0.15) is 11.5 Å². The zero-order chi connectivity index (χ0) is 24.8. The van der Waals surface area contributed by atoms with E-state index in [1.54, 1.807) is 24.3 Å². The van der Waals surface area contributed by atoms with Gasteiger partial charge in [-0.15, -0.1) is 0 Å². The van der Waals surface area contributed by atoms with Crippen LogP contribution in [0.3, 0.4) is 0 Å². The van der Waals surface area contributed by atoms with Gasteiger partial charge in [-0.3, -0.25) is 9.59 Å². The first-order chi connectivity index (χ1) is 16.9. The third-order valence-corrected chi connectivity index (χ3v) is 5.75. The number of benzene rings is 3. The number of rotatable bonds is 7. The maximum absolute atomic E-state index is 13.6. The van der Waals surface area contributed by atoms with E-state index in [2.05, 4.69) is 16.7 Å². The minimum atomic E-state index is -0.420. The van der Waals surface area contributed by atoms with Crippen LogP contribution in [0.5, 0.6) is 0 Å². The summed E-state index contributed by atoms with van der Waals surface area (Å²) in [5.41, 5.74) is 5.66. The smallest absolute Gasteiger partial charge is 0.268 e. The highest BCUT2D eigenvalue weighted by atomic mass is 16.3. The molecule has 0 aliphatic heterocycles. The first kappa shape index (κ1) is 23.8. The summed E-state index contributed by atoms with van der Waals surface area (Å²) in [5.74, 6) is -0.330. The van der Waals surface area contributed by atoms with Gasteiger partial charge in [-0.2, -0.15) is 0 Å².